The topological polar surface area (TPSA) is 176 Å². The lowest BCUT2D eigenvalue weighted by atomic mass is 9.87. The summed E-state index contributed by atoms with van der Waals surface area (Å²) in [5.41, 5.74) is -1.02. The van der Waals surface area contributed by atoms with Gasteiger partial charge in [0.25, 0.3) is 0 Å². The second-order valence-electron chi connectivity index (χ2n) is 7.12. The van der Waals surface area contributed by atoms with Crippen LogP contribution in [-0.4, -0.2) is 26.4 Å². The average Bonchev–Trinajstić information content (AvgIpc) is 2.81. The van der Waals surface area contributed by atoms with Crippen LogP contribution in [0.25, 0.3) is 33.4 Å². The molecule has 0 spiro atoms. The van der Waals surface area contributed by atoms with Crippen molar-refractivity contribution in [2.75, 3.05) is 0 Å². The maximum absolute atomic E-state index is 12.5. The molecule has 0 amide bonds. The molecular weight excluding hydrogens is 428 g/mol. The van der Waals surface area contributed by atoms with Gasteiger partial charge in [-0.2, -0.15) is 10.5 Å². The Balaban J connectivity index is 2.32. The molecule has 0 saturated heterocycles. The zero-order chi connectivity index (χ0) is 23.9. The van der Waals surface area contributed by atoms with Crippen molar-refractivity contribution in [1.82, 2.24) is 0 Å². The second-order valence-corrected chi connectivity index (χ2v) is 7.12. The first-order valence-corrected chi connectivity index (χ1v) is 9.53. The van der Waals surface area contributed by atoms with E-state index in [0.717, 1.165) is 6.07 Å². The van der Waals surface area contributed by atoms with Crippen LogP contribution in [0.5, 0.6) is 5.75 Å². The Kier molecular flexibility index (Phi) is 5.28. The van der Waals surface area contributed by atoms with E-state index in [-0.39, 0.29) is 44.5 Å². The van der Waals surface area contributed by atoms with Crippen molar-refractivity contribution < 1.29 is 29.6 Å². The summed E-state index contributed by atoms with van der Waals surface area (Å²) in [4.78, 5) is 24.5. The Labute approximate surface area is 185 Å². The Morgan fingerprint density at radius 1 is 0.909 bits per heavy atom. The van der Waals surface area contributed by atoms with Crippen LogP contribution in [0.1, 0.15) is 33.7 Å². The summed E-state index contributed by atoms with van der Waals surface area (Å²) < 4.78 is 5.85. The first-order chi connectivity index (χ1) is 15.8. The van der Waals surface area contributed by atoms with Gasteiger partial charge in [0.1, 0.15) is 17.1 Å². The lowest BCUT2D eigenvalue weighted by Crippen LogP contribution is -2.14. The minimum Gasteiger partial charge on any atom is -0.507 e. The molecule has 4 N–H and O–H groups in total. The predicted molar refractivity (Wildman–Crippen MR) is 114 cm³/mol. The quantitative estimate of drug-likeness (QED) is 0.273. The molecule has 0 saturated carbocycles. The fourth-order valence-electron chi connectivity index (χ4n) is 3.86. The molecule has 2 atom stereocenters. The number of hydrogen-bond acceptors (Lipinski definition) is 8. The Bertz CT molecular complexity index is 1540. The van der Waals surface area contributed by atoms with Crippen molar-refractivity contribution in [2.24, 2.45) is 0 Å². The van der Waals surface area contributed by atoms with E-state index >= 15 is 0 Å². The number of aromatic hydroxyl groups is 1. The van der Waals surface area contributed by atoms with Crippen LogP contribution in [0, 0.1) is 22.7 Å². The Morgan fingerprint density at radius 2 is 1.58 bits per heavy atom. The summed E-state index contributed by atoms with van der Waals surface area (Å²) in [7, 11) is 0. The lowest BCUT2D eigenvalue weighted by molar-refractivity contribution is 0.0697. The van der Waals surface area contributed by atoms with Crippen LogP contribution in [0.3, 0.4) is 0 Å². The van der Waals surface area contributed by atoms with Crippen LogP contribution in [0.15, 0.2) is 57.7 Å². The van der Waals surface area contributed by atoms with E-state index in [4.69, 9.17) is 4.42 Å². The molecular formula is C24H14N2O7. The molecule has 0 unspecified atom stereocenters. The number of carboxylic acids is 1. The van der Waals surface area contributed by atoms with Crippen molar-refractivity contribution in [3.8, 4) is 40.3 Å². The summed E-state index contributed by atoms with van der Waals surface area (Å²) in [6, 6.07) is 14.3. The van der Waals surface area contributed by atoms with Gasteiger partial charge in [-0.05, 0) is 35.9 Å². The molecule has 2 aliphatic rings. The van der Waals surface area contributed by atoms with E-state index < -0.39 is 34.9 Å². The first-order valence-electron chi connectivity index (χ1n) is 9.53. The number of hydrogen-bond donors (Lipinski definition) is 4. The minimum absolute atomic E-state index is 0.0876. The maximum Gasteiger partial charge on any atom is 0.336 e. The van der Waals surface area contributed by atoms with Crippen LogP contribution in [0.2, 0.25) is 0 Å². The maximum atomic E-state index is 12.5. The normalized spacial score (nSPS) is 12.7. The van der Waals surface area contributed by atoms with Gasteiger partial charge in [0.15, 0.2) is 17.6 Å². The van der Waals surface area contributed by atoms with Gasteiger partial charge in [-0.15, -0.1) is 0 Å². The lowest BCUT2D eigenvalue weighted by Gasteiger charge is -2.21. The fraction of sp³-hybridized carbons (Fsp3) is 0.0833. The van der Waals surface area contributed by atoms with Crippen LogP contribution in [0.4, 0.5) is 0 Å². The van der Waals surface area contributed by atoms with Gasteiger partial charge in [-0.3, -0.25) is 4.79 Å². The average molecular weight is 442 g/mol. The number of nitriles is 2. The number of aromatic carboxylic acids is 1. The molecule has 33 heavy (non-hydrogen) atoms. The molecule has 162 valence electrons. The number of fused-ring (bicyclic) bond motifs is 2. The minimum atomic E-state index is -1.87. The summed E-state index contributed by atoms with van der Waals surface area (Å²) in [5.74, 6) is -1.95. The molecule has 1 heterocycles. The predicted octanol–water partition coefficient (Wildman–Crippen LogP) is 3.08. The van der Waals surface area contributed by atoms with Crippen molar-refractivity contribution in [1.29, 1.82) is 10.5 Å². The first kappa shape index (κ1) is 21.5. The zero-order valence-electron chi connectivity index (χ0n) is 16.7. The Morgan fingerprint density at radius 3 is 2.24 bits per heavy atom. The van der Waals surface area contributed by atoms with E-state index in [1.54, 1.807) is 18.2 Å². The SMILES string of the molecule is N#C[C@@H](O)c1c(O)ccc2c(-c3ccccc3C(=O)O)c3ccc(=O)c([C@@H](O)C#N)c-3oc12. The van der Waals surface area contributed by atoms with E-state index in [0.29, 0.717) is 0 Å². The number of carbonyl (C=O) groups is 1. The zero-order valence-corrected chi connectivity index (χ0v) is 16.7. The van der Waals surface area contributed by atoms with E-state index in [1.165, 1.54) is 36.4 Å². The molecule has 0 bridgehead atoms. The molecule has 0 radical (unpaired) electrons. The third-order valence-corrected chi connectivity index (χ3v) is 5.29. The number of aliphatic hydroxyl groups excluding tert-OH is 2. The summed E-state index contributed by atoms with van der Waals surface area (Å²) in [6.07, 6.45) is -3.69. The van der Waals surface area contributed by atoms with Gasteiger partial charge in [-0.1, -0.05) is 18.2 Å². The third kappa shape index (κ3) is 3.34. The third-order valence-electron chi connectivity index (χ3n) is 5.29. The van der Waals surface area contributed by atoms with Crippen LogP contribution >= 0.6 is 0 Å². The molecule has 1 aliphatic heterocycles. The highest BCUT2D eigenvalue weighted by Crippen LogP contribution is 2.46. The molecule has 9 heteroatoms. The molecule has 4 rings (SSSR count). The standard InChI is InChI=1S/C24H14N2O7/c25-9-17(29)20-15(27)7-5-13-19(11-3-1-2-4-12(11)24(31)32)14-6-8-16(28)21(18(30)10-26)23(14)33-22(13)20/h1-8,17-18,27,29-30H,(H,31,32)/t17-,18+/m1/s1. The van der Waals surface area contributed by atoms with Crippen molar-refractivity contribution in [2.45, 2.75) is 12.2 Å². The number of benzene rings is 3. The second kappa shape index (κ2) is 8.09. The molecule has 2 aromatic carbocycles. The molecule has 9 nitrogen and oxygen atoms in total. The Hall–Kier alpha value is -4.70. The van der Waals surface area contributed by atoms with Gasteiger partial charge in [0.05, 0.1) is 28.8 Å². The number of nitrogens with zero attached hydrogens (tertiary/aromatic N) is 2. The van der Waals surface area contributed by atoms with Crippen molar-refractivity contribution in [3.63, 3.8) is 0 Å². The molecule has 1 aliphatic carbocycles. The summed E-state index contributed by atoms with van der Waals surface area (Å²) in [5, 5.41) is 59.2. The largest absolute Gasteiger partial charge is 0.507 e. The van der Waals surface area contributed by atoms with Crippen molar-refractivity contribution >= 4 is 16.9 Å². The van der Waals surface area contributed by atoms with Gasteiger partial charge in [-0.25, -0.2) is 4.79 Å². The number of aliphatic hydroxyl groups is 2. The van der Waals surface area contributed by atoms with Gasteiger partial charge in [0.2, 0.25) is 0 Å². The highest BCUT2D eigenvalue weighted by Gasteiger charge is 2.29. The highest BCUT2D eigenvalue weighted by molar-refractivity contribution is 6.08. The van der Waals surface area contributed by atoms with Gasteiger partial charge >= 0.3 is 5.97 Å². The number of carboxylic acid groups (broad SMARTS) is 1. The highest BCUT2D eigenvalue weighted by atomic mass is 16.4. The number of phenolic OH excluding ortho intramolecular Hbond substituents is 1. The van der Waals surface area contributed by atoms with E-state index in [2.05, 4.69) is 0 Å². The van der Waals surface area contributed by atoms with Gasteiger partial charge in [0, 0.05) is 16.5 Å². The molecule has 2 aromatic rings. The molecule has 0 aromatic heterocycles. The number of phenols is 1. The van der Waals surface area contributed by atoms with Crippen LogP contribution < -0.4 is 5.43 Å². The van der Waals surface area contributed by atoms with E-state index in [9.17, 15) is 40.5 Å². The summed E-state index contributed by atoms with van der Waals surface area (Å²) in [6.45, 7) is 0. The monoisotopic (exact) mass is 442 g/mol. The molecule has 0 fully saturated rings. The number of rotatable bonds is 4. The summed E-state index contributed by atoms with van der Waals surface area (Å²) >= 11 is 0. The van der Waals surface area contributed by atoms with Gasteiger partial charge < -0.3 is 24.8 Å². The van der Waals surface area contributed by atoms with E-state index in [1.807, 2.05) is 0 Å². The van der Waals surface area contributed by atoms with Crippen LogP contribution in [-0.2, 0) is 0 Å². The van der Waals surface area contributed by atoms with Crippen molar-refractivity contribution in [3.05, 3.63) is 75.4 Å². The fourth-order valence-corrected chi connectivity index (χ4v) is 3.86. The smallest absolute Gasteiger partial charge is 0.336 e.